The Hall–Kier alpha value is -4.29. The summed E-state index contributed by atoms with van der Waals surface area (Å²) in [6, 6.07) is 20.3. The zero-order valence-corrected chi connectivity index (χ0v) is 17.9. The standard InChI is InChI=1S/C23H14BrN3O5/c24-19-6-2-3-7-20(19)26-22(28)16(14-25)13-15-9-11-17(12-10-15)32-23(29)18-5-1-4-8-21(18)27(30)31/h1-13H,(H,26,28)/b16-13+. The second-order valence-electron chi connectivity index (χ2n) is 6.34. The summed E-state index contributed by atoms with van der Waals surface area (Å²) in [5.74, 6) is -1.29. The first-order chi connectivity index (χ1) is 15.4. The van der Waals surface area contributed by atoms with Crippen LogP contribution in [0, 0.1) is 21.4 Å². The van der Waals surface area contributed by atoms with Gasteiger partial charge >= 0.3 is 5.97 Å². The van der Waals surface area contributed by atoms with Gasteiger partial charge in [0, 0.05) is 10.5 Å². The molecule has 0 fully saturated rings. The SMILES string of the molecule is N#C/C(=C\c1ccc(OC(=O)c2ccccc2[N+](=O)[O-])cc1)C(=O)Nc1ccccc1Br. The van der Waals surface area contributed by atoms with E-state index in [2.05, 4.69) is 21.2 Å². The van der Waals surface area contributed by atoms with Gasteiger partial charge in [-0.2, -0.15) is 5.26 Å². The highest BCUT2D eigenvalue weighted by Crippen LogP contribution is 2.23. The third-order valence-electron chi connectivity index (χ3n) is 4.21. The van der Waals surface area contributed by atoms with Crippen molar-refractivity contribution in [2.75, 3.05) is 5.32 Å². The van der Waals surface area contributed by atoms with Crippen molar-refractivity contribution in [2.45, 2.75) is 0 Å². The maximum absolute atomic E-state index is 12.4. The topological polar surface area (TPSA) is 122 Å². The monoisotopic (exact) mass is 491 g/mol. The number of nitrogens with one attached hydrogen (secondary N) is 1. The van der Waals surface area contributed by atoms with Gasteiger partial charge in [-0.15, -0.1) is 0 Å². The molecule has 0 aliphatic carbocycles. The molecule has 3 aromatic rings. The number of para-hydroxylation sites is 2. The highest BCUT2D eigenvalue weighted by molar-refractivity contribution is 9.10. The average Bonchev–Trinajstić information content (AvgIpc) is 2.80. The van der Waals surface area contributed by atoms with Gasteiger partial charge in [-0.3, -0.25) is 14.9 Å². The number of nitro groups is 1. The van der Waals surface area contributed by atoms with Gasteiger partial charge in [0.2, 0.25) is 0 Å². The quantitative estimate of drug-likeness (QED) is 0.127. The highest BCUT2D eigenvalue weighted by atomic mass is 79.9. The van der Waals surface area contributed by atoms with Crippen molar-refractivity contribution in [3.05, 3.63) is 104 Å². The number of nitrogens with zero attached hydrogens (tertiary/aromatic N) is 2. The number of nitriles is 1. The fourth-order valence-electron chi connectivity index (χ4n) is 2.67. The lowest BCUT2D eigenvalue weighted by atomic mass is 10.1. The summed E-state index contributed by atoms with van der Waals surface area (Å²) < 4.78 is 5.88. The Kier molecular flexibility index (Phi) is 7.10. The van der Waals surface area contributed by atoms with Gasteiger partial charge < -0.3 is 10.1 Å². The van der Waals surface area contributed by atoms with E-state index in [9.17, 15) is 25.0 Å². The minimum absolute atomic E-state index is 0.120. The average molecular weight is 492 g/mol. The highest BCUT2D eigenvalue weighted by Gasteiger charge is 2.21. The molecule has 9 heteroatoms. The zero-order chi connectivity index (χ0) is 23.1. The molecule has 158 valence electrons. The number of ether oxygens (including phenoxy) is 1. The van der Waals surface area contributed by atoms with Crippen LogP contribution in [0.2, 0.25) is 0 Å². The van der Waals surface area contributed by atoms with Crippen LogP contribution < -0.4 is 10.1 Å². The molecule has 0 saturated carbocycles. The van der Waals surface area contributed by atoms with Crippen LogP contribution in [0.15, 0.2) is 82.8 Å². The molecule has 32 heavy (non-hydrogen) atoms. The summed E-state index contributed by atoms with van der Waals surface area (Å²) >= 11 is 3.32. The summed E-state index contributed by atoms with van der Waals surface area (Å²) in [6.07, 6.45) is 1.39. The fraction of sp³-hybridized carbons (Fsp3) is 0. The van der Waals surface area contributed by atoms with Crippen LogP contribution in [-0.4, -0.2) is 16.8 Å². The molecule has 3 rings (SSSR count). The maximum atomic E-state index is 12.4. The molecular weight excluding hydrogens is 478 g/mol. The van der Waals surface area contributed by atoms with Crippen molar-refractivity contribution < 1.29 is 19.2 Å². The van der Waals surface area contributed by atoms with E-state index in [1.807, 2.05) is 6.07 Å². The van der Waals surface area contributed by atoms with Crippen LogP contribution in [0.5, 0.6) is 5.75 Å². The summed E-state index contributed by atoms with van der Waals surface area (Å²) in [4.78, 5) is 35.1. The minimum atomic E-state index is -0.869. The first kappa shape index (κ1) is 22.4. The van der Waals surface area contributed by atoms with Gasteiger partial charge in [-0.1, -0.05) is 36.4 Å². The molecule has 8 nitrogen and oxygen atoms in total. The van der Waals surface area contributed by atoms with Gasteiger partial charge in [-0.25, -0.2) is 4.79 Å². The molecule has 3 aromatic carbocycles. The van der Waals surface area contributed by atoms with Gasteiger partial charge in [0.1, 0.15) is 23.0 Å². The molecule has 0 aliphatic heterocycles. The Balaban J connectivity index is 1.73. The fourth-order valence-corrected chi connectivity index (χ4v) is 3.05. The van der Waals surface area contributed by atoms with Crippen molar-refractivity contribution in [3.8, 4) is 11.8 Å². The Morgan fingerprint density at radius 1 is 1.03 bits per heavy atom. The first-order valence-corrected chi connectivity index (χ1v) is 9.91. The number of anilines is 1. The molecule has 0 radical (unpaired) electrons. The first-order valence-electron chi connectivity index (χ1n) is 9.12. The summed E-state index contributed by atoms with van der Waals surface area (Å²) in [7, 11) is 0. The van der Waals surface area contributed by atoms with Crippen molar-refractivity contribution in [3.63, 3.8) is 0 Å². The molecule has 0 unspecified atom stereocenters. The molecule has 0 atom stereocenters. The smallest absolute Gasteiger partial charge is 0.350 e. The Labute approximate surface area is 191 Å². The molecule has 0 saturated heterocycles. The van der Waals surface area contributed by atoms with E-state index in [0.29, 0.717) is 15.7 Å². The van der Waals surface area contributed by atoms with Gasteiger partial charge in [-0.05, 0) is 57.9 Å². The lowest BCUT2D eigenvalue weighted by Crippen LogP contribution is -2.13. The summed E-state index contributed by atoms with van der Waals surface area (Å²) in [5.41, 5.74) is 0.402. The predicted molar refractivity (Wildman–Crippen MR) is 121 cm³/mol. The van der Waals surface area contributed by atoms with Crippen molar-refractivity contribution >= 4 is 45.3 Å². The van der Waals surface area contributed by atoms with Crippen LogP contribution in [-0.2, 0) is 4.79 Å². The molecule has 1 amide bonds. The van der Waals surface area contributed by atoms with Gasteiger partial charge in [0.15, 0.2) is 0 Å². The van der Waals surface area contributed by atoms with Crippen molar-refractivity contribution in [1.29, 1.82) is 5.26 Å². The number of benzene rings is 3. The second kappa shape index (κ2) is 10.1. The number of halogens is 1. The van der Waals surface area contributed by atoms with Crippen molar-refractivity contribution in [1.82, 2.24) is 0 Å². The third kappa shape index (κ3) is 5.44. The number of amides is 1. The van der Waals surface area contributed by atoms with E-state index < -0.39 is 16.8 Å². The lowest BCUT2D eigenvalue weighted by Gasteiger charge is -2.07. The number of rotatable bonds is 6. The van der Waals surface area contributed by atoms with E-state index >= 15 is 0 Å². The number of carbonyl (C=O) groups excluding carboxylic acids is 2. The molecular formula is C23H14BrN3O5. The number of hydrogen-bond acceptors (Lipinski definition) is 6. The minimum Gasteiger partial charge on any atom is -0.423 e. The van der Waals surface area contributed by atoms with E-state index in [1.165, 1.54) is 42.5 Å². The van der Waals surface area contributed by atoms with Gasteiger partial charge in [0.25, 0.3) is 11.6 Å². The number of esters is 1. The molecule has 0 aliphatic rings. The van der Waals surface area contributed by atoms with Crippen LogP contribution in [0.4, 0.5) is 11.4 Å². The molecule has 1 N–H and O–H groups in total. The van der Waals surface area contributed by atoms with Crippen LogP contribution in [0.1, 0.15) is 15.9 Å². The summed E-state index contributed by atoms with van der Waals surface area (Å²) in [5, 5.41) is 23.1. The van der Waals surface area contributed by atoms with E-state index in [1.54, 1.807) is 36.4 Å². The van der Waals surface area contributed by atoms with Gasteiger partial charge in [0.05, 0.1) is 10.6 Å². The van der Waals surface area contributed by atoms with Crippen molar-refractivity contribution in [2.24, 2.45) is 0 Å². The molecule has 0 bridgehead atoms. The molecule has 0 heterocycles. The predicted octanol–water partition coefficient (Wildman–Crippen LogP) is 5.12. The van der Waals surface area contributed by atoms with Crippen LogP contribution in [0.3, 0.4) is 0 Å². The van der Waals surface area contributed by atoms with E-state index in [4.69, 9.17) is 4.74 Å². The largest absolute Gasteiger partial charge is 0.423 e. The maximum Gasteiger partial charge on any atom is 0.350 e. The zero-order valence-electron chi connectivity index (χ0n) is 16.3. The Morgan fingerprint density at radius 3 is 2.34 bits per heavy atom. The Morgan fingerprint density at radius 2 is 1.69 bits per heavy atom. The van der Waals surface area contributed by atoms with E-state index in [0.717, 1.165) is 0 Å². The Bertz CT molecular complexity index is 1260. The molecule has 0 spiro atoms. The lowest BCUT2D eigenvalue weighted by molar-refractivity contribution is -0.385. The second-order valence-corrected chi connectivity index (χ2v) is 7.19. The van der Waals surface area contributed by atoms with Crippen LogP contribution >= 0.6 is 15.9 Å². The summed E-state index contributed by atoms with van der Waals surface area (Å²) in [6.45, 7) is 0. The van der Waals surface area contributed by atoms with Crippen LogP contribution in [0.25, 0.3) is 6.08 Å². The number of hydrogen-bond donors (Lipinski definition) is 1. The normalized spacial score (nSPS) is 10.7. The third-order valence-corrected chi connectivity index (χ3v) is 4.90. The number of carbonyl (C=O) groups is 2. The number of nitro benzene ring substituents is 1. The molecule has 0 aromatic heterocycles. The van der Waals surface area contributed by atoms with E-state index in [-0.39, 0.29) is 22.6 Å².